The van der Waals surface area contributed by atoms with Gasteiger partial charge in [-0.25, -0.2) is 8.42 Å². The quantitative estimate of drug-likeness (QED) is 0.375. The number of aryl methyl sites for hydroxylation is 1. The van der Waals surface area contributed by atoms with E-state index in [0.29, 0.717) is 30.9 Å². The zero-order valence-electron chi connectivity index (χ0n) is 16.5. The smallest absolute Gasteiger partial charge is 0.229 e. The molecule has 1 aromatic heterocycles. The van der Waals surface area contributed by atoms with Crippen molar-refractivity contribution < 1.29 is 18.3 Å². The lowest BCUT2D eigenvalue weighted by Gasteiger charge is -2.14. The van der Waals surface area contributed by atoms with Gasteiger partial charge in [-0.3, -0.25) is 9.82 Å². The summed E-state index contributed by atoms with van der Waals surface area (Å²) in [5.41, 5.74) is 3.04. The van der Waals surface area contributed by atoms with Crippen LogP contribution in [0.2, 0.25) is 0 Å². The van der Waals surface area contributed by atoms with Crippen molar-refractivity contribution in [3.63, 3.8) is 0 Å². The first kappa shape index (κ1) is 21.1. The molecule has 0 fully saturated rings. The number of nitrogens with one attached hydrogen (secondary N) is 3. The number of rotatable bonds is 10. The van der Waals surface area contributed by atoms with Crippen LogP contribution in [0.5, 0.6) is 5.75 Å². The normalized spacial score (nSPS) is 12.8. The summed E-state index contributed by atoms with van der Waals surface area (Å²) in [6.07, 6.45) is 1.23. The number of aromatic nitrogens is 2. The highest BCUT2D eigenvalue weighted by molar-refractivity contribution is 7.92. The molecule has 29 heavy (non-hydrogen) atoms. The summed E-state index contributed by atoms with van der Waals surface area (Å²) in [6.45, 7) is 3.40. The highest BCUT2D eigenvalue weighted by atomic mass is 32.2. The van der Waals surface area contributed by atoms with Crippen LogP contribution < -0.4 is 14.8 Å². The summed E-state index contributed by atoms with van der Waals surface area (Å²) >= 11 is 0. The number of aliphatic hydroxyl groups excluding tert-OH is 1. The number of H-pyrrole nitrogens is 1. The molecule has 0 aliphatic heterocycles. The Bertz CT molecular complexity index is 1070. The third-order valence-corrected chi connectivity index (χ3v) is 5.03. The highest BCUT2D eigenvalue weighted by Gasteiger charge is 2.10. The zero-order chi connectivity index (χ0) is 20.9. The number of fused-ring (bicyclic) bond motifs is 1. The molecule has 0 amide bonds. The maximum atomic E-state index is 11.3. The van der Waals surface area contributed by atoms with E-state index in [2.05, 4.69) is 27.2 Å². The second-order valence-electron chi connectivity index (χ2n) is 6.80. The van der Waals surface area contributed by atoms with Gasteiger partial charge in [-0.1, -0.05) is 19.1 Å². The fraction of sp³-hybridized carbons (Fsp3) is 0.350. The lowest BCUT2D eigenvalue weighted by atomic mass is 10.1. The standard InChI is InChI=1S/C20H26N4O4S/c1-3-18-17-8-7-16(12-19(17)23-22-18)28-10-9-21-13-20(25)14-5-4-6-15(11-14)24-29(2,26)27/h4-8,11-12,20-21,24-25H,3,9-10,13H2,1-2H3,(H,22,23)/t20-/m0/s1. The van der Waals surface area contributed by atoms with Gasteiger partial charge in [0.2, 0.25) is 10.0 Å². The topological polar surface area (TPSA) is 116 Å². The number of hydrogen-bond donors (Lipinski definition) is 4. The molecule has 2 aromatic carbocycles. The molecule has 1 atom stereocenters. The van der Waals surface area contributed by atoms with Crippen molar-refractivity contribution >= 4 is 26.6 Å². The van der Waals surface area contributed by atoms with Gasteiger partial charge in [0.25, 0.3) is 0 Å². The molecule has 0 aliphatic rings. The number of benzene rings is 2. The number of anilines is 1. The van der Waals surface area contributed by atoms with E-state index in [1.807, 2.05) is 18.2 Å². The summed E-state index contributed by atoms with van der Waals surface area (Å²) < 4.78 is 30.8. The molecular weight excluding hydrogens is 392 g/mol. The molecule has 8 nitrogen and oxygen atoms in total. The molecule has 0 aliphatic carbocycles. The van der Waals surface area contributed by atoms with Gasteiger partial charge < -0.3 is 15.2 Å². The highest BCUT2D eigenvalue weighted by Crippen LogP contribution is 2.22. The Morgan fingerprint density at radius 2 is 2.07 bits per heavy atom. The summed E-state index contributed by atoms with van der Waals surface area (Å²) in [4.78, 5) is 0. The van der Waals surface area contributed by atoms with Crippen LogP contribution in [-0.4, -0.2) is 49.7 Å². The summed E-state index contributed by atoms with van der Waals surface area (Å²) in [5.74, 6) is 0.744. The second-order valence-corrected chi connectivity index (χ2v) is 8.55. The van der Waals surface area contributed by atoms with E-state index < -0.39 is 16.1 Å². The van der Waals surface area contributed by atoms with Gasteiger partial charge >= 0.3 is 0 Å². The van der Waals surface area contributed by atoms with Gasteiger partial charge in [0.1, 0.15) is 12.4 Å². The first-order valence-electron chi connectivity index (χ1n) is 9.42. The average molecular weight is 419 g/mol. The van der Waals surface area contributed by atoms with E-state index in [0.717, 1.165) is 35.0 Å². The number of aromatic amines is 1. The minimum absolute atomic E-state index is 0.323. The van der Waals surface area contributed by atoms with E-state index in [-0.39, 0.29) is 0 Å². The van der Waals surface area contributed by atoms with Crippen molar-refractivity contribution in [3.05, 3.63) is 53.7 Å². The van der Waals surface area contributed by atoms with Crippen LogP contribution in [0, 0.1) is 0 Å². The van der Waals surface area contributed by atoms with Crippen LogP contribution >= 0.6 is 0 Å². The molecule has 1 heterocycles. The van der Waals surface area contributed by atoms with Crippen molar-refractivity contribution in [2.75, 3.05) is 30.7 Å². The first-order valence-corrected chi connectivity index (χ1v) is 11.3. The summed E-state index contributed by atoms with van der Waals surface area (Å²) in [7, 11) is -3.35. The Hall–Kier alpha value is -2.62. The molecule has 4 N–H and O–H groups in total. The maximum Gasteiger partial charge on any atom is 0.229 e. The SMILES string of the molecule is CCc1[nH]nc2cc(OCCNC[C@H](O)c3cccc(NS(C)(=O)=O)c3)ccc12. The lowest BCUT2D eigenvalue weighted by Crippen LogP contribution is -2.26. The molecule has 0 unspecified atom stereocenters. The molecule has 0 saturated heterocycles. The number of nitrogens with zero attached hydrogens (tertiary/aromatic N) is 1. The molecule has 156 valence electrons. The van der Waals surface area contributed by atoms with E-state index in [4.69, 9.17) is 4.74 Å². The minimum Gasteiger partial charge on any atom is -0.492 e. The molecule has 0 radical (unpaired) electrons. The van der Waals surface area contributed by atoms with Crippen LogP contribution in [0.1, 0.15) is 24.3 Å². The fourth-order valence-corrected chi connectivity index (χ4v) is 3.58. The van der Waals surface area contributed by atoms with Crippen LogP contribution in [0.3, 0.4) is 0 Å². The Morgan fingerprint density at radius 1 is 1.24 bits per heavy atom. The van der Waals surface area contributed by atoms with Gasteiger partial charge in [-0.15, -0.1) is 0 Å². The molecule has 0 saturated carbocycles. The van der Waals surface area contributed by atoms with Crippen molar-refractivity contribution in [1.82, 2.24) is 15.5 Å². The predicted octanol–water partition coefficient (Wildman–Crippen LogP) is 2.20. The molecular formula is C20H26N4O4S. The second kappa shape index (κ2) is 9.25. The fourth-order valence-electron chi connectivity index (χ4n) is 3.03. The van der Waals surface area contributed by atoms with E-state index >= 15 is 0 Å². The third-order valence-electron chi connectivity index (χ3n) is 4.42. The van der Waals surface area contributed by atoms with Crippen molar-refractivity contribution in [1.29, 1.82) is 0 Å². The molecule has 9 heteroatoms. The summed E-state index contributed by atoms with van der Waals surface area (Å²) in [5, 5.41) is 21.9. The number of sulfonamides is 1. The average Bonchev–Trinajstić information content (AvgIpc) is 3.08. The third kappa shape index (κ3) is 5.93. The van der Waals surface area contributed by atoms with E-state index in [9.17, 15) is 13.5 Å². The predicted molar refractivity (Wildman–Crippen MR) is 114 cm³/mol. The zero-order valence-corrected chi connectivity index (χ0v) is 17.3. The first-order chi connectivity index (χ1) is 13.9. The Kier molecular flexibility index (Phi) is 6.73. The molecule has 3 aromatic rings. The Labute approximate surface area is 170 Å². The summed E-state index contributed by atoms with van der Waals surface area (Å²) in [6, 6.07) is 12.5. The van der Waals surface area contributed by atoms with Crippen LogP contribution in [0.25, 0.3) is 10.9 Å². The maximum absolute atomic E-state index is 11.3. The van der Waals surface area contributed by atoms with Gasteiger partial charge in [0.15, 0.2) is 0 Å². The van der Waals surface area contributed by atoms with Crippen molar-refractivity contribution in [2.45, 2.75) is 19.4 Å². The number of aliphatic hydroxyl groups is 1. The van der Waals surface area contributed by atoms with Crippen LogP contribution in [0.15, 0.2) is 42.5 Å². The minimum atomic E-state index is -3.35. The van der Waals surface area contributed by atoms with Gasteiger partial charge in [0.05, 0.1) is 17.9 Å². The van der Waals surface area contributed by atoms with Gasteiger partial charge in [0, 0.05) is 35.9 Å². The van der Waals surface area contributed by atoms with Crippen molar-refractivity contribution in [2.24, 2.45) is 0 Å². The largest absolute Gasteiger partial charge is 0.492 e. The van der Waals surface area contributed by atoms with Crippen LogP contribution in [-0.2, 0) is 16.4 Å². The van der Waals surface area contributed by atoms with Gasteiger partial charge in [-0.05, 0) is 36.2 Å². The molecule has 0 bridgehead atoms. The van der Waals surface area contributed by atoms with Crippen LogP contribution in [0.4, 0.5) is 5.69 Å². The Balaban J connectivity index is 1.45. The monoisotopic (exact) mass is 418 g/mol. The van der Waals surface area contributed by atoms with E-state index in [1.54, 1.807) is 24.3 Å². The lowest BCUT2D eigenvalue weighted by molar-refractivity contribution is 0.172. The van der Waals surface area contributed by atoms with Gasteiger partial charge in [-0.2, -0.15) is 5.10 Å². The van der Waals surface area contributed by atoms with E-state index in [1.165, 1.54) is 0 Å². The molecule has 3 rings (SSSR count). The number of hydrogen-bond acceptors (Lipinski definition) is 6. The molecule has 0 spiro atoms. The number of ether oxygens (including phenoxy) is 1. The van der Waals surface area contributed by atoms with Crippen molar-refractivity contribution in [3.8, 4) is 5.75 Å². The Morgan fingerprint density at radius 3 is 2.83 bits per heavy atom.